The minimum atomic E-state index is -0.546. The van der Waals surface area contributed by atoms with Crippen LogP contribution in [0.15, 0.2) is 16.7 Å². The van der Waals surface area contributed by atoms with Crippen molar-refractivity contribution in [3.05, 3.63) is 27.9 Å². The minimum absolute atomic E-state index is 0.0222. The zero-order chi connectivity index (χ0) is 14.2. The van der Waals surface area contributed by atoms with E-state index in [1.165, 1.54) is 0 Å². The van der Waals surface area contributed by atoms with Crippen molar-refractivity contribution >= 4 is 40.1 Å². The maximum Gasteiger partial charge on any atom is 0.310 e. The summed E-state index contributed by atoms with van der Waals surface area (Å²) < 4.78 is 10.3. The largest absolute Gasteiger partial charge is 0.460 e. The van der Waals surface area contributed by atoms with Crippen LogP contribution in [0.5, 0.6) is 0 Å². The maximum atomic E-state index is 11.9. The van der Waals surface area contributed by atoms with E-state index in [-0.39, 0.29) is 17.5 Å². The van der Waals surface area contributed by atoms with Crippen molar-refractivity contribution in [2.75, 3.05) is 0 Å². The van der Waals surface area contributed by atoms with Crippen molar-refractivity contribution in [1.82, 2.24) is 5.16 Å². The summed E-state index contributed by atoms with van der Waals surface area (Å²) in [5.74, 6) is -0.376. The first-order valence-electron chi connectivity index (χ1n) is 5.72. The first-order valence-corrected chi connectivity index (χ1v) is 6.47. The molecule has 0 aliphatic heterocycles. The molecule has 2 aromatic rings. The standard InChI is InChI=1S/C13H13Cl2NO3/c1-13(2,3)18-10(17)6-7-8(14)4-5-9-11(7)12(15)16-19-9/h4-5H,6H2,1-3H3. The van der Waals surface area contributed by atoms with Crippen LogP contribution in [0.3, 0.4) is 0 Å². The fraction of sp³-hybridized carbons (Fsp3) is 0.385. The first-order chi connectivity index (χ1) is 8.78. The second-order valence-electron chi connectivity index (χ2n) is 5.14. The van der Waals surface area contributed by atoms with Crippen molar-refractivity contribution in [3.8, 4) is 0 Å². The number of rotatable bonds is 2. The Bertz CT molecular complexity index is 629. The molecule has 19 heavy (non-hydrogen) atoms. The number of benzene rings is 1. The second kappa shape index (κ2) is 5.02. The fourth-order valence-corrected chi connectivity index (χ4v) is 2.20. The van der Waals surface area contributed by atoms with E-state index in [0.717, 1.165) is 0 Å². The molecule has 0 fully saturated rings. The summed E-state index contributed by atoms with van der Waals surface area (Å²) in [5, 5.41) is 4.84. The summed E-state index contributed by atoms with van der Waals surface area (Å²) in [5.41, 5.74) is 0.517. The molecule has 0 saturated carbocycles. The third kappa shape index (κ3) is 3.19. The van der Waals surface area contributed by atoms with E-state index < -0.39 is 5.60 Å². The van der Waals surface area contributed by atoms with E-state index in [1.54, 1.807) is 32.9 Å². The quantitative estimate of drug-likeness (QED) is 0.786. The van der Waals surface area contributed by atoms with Gasteiger partial charge in [-0.25, -0.2) is 0 Å². The van der Waals surface area contributed by atoms with E-state index >= 15 is 0 Å². The van der Waals surface area contributed by atoms with Gasteiger partial charge in [-0.3, -0.25) is 4.79 Å². The van der Waals surface area contributed by atoms with Gasteiger partial charge in [-0.2, -0.15) is 0 Å². The molecule has 0 spiro atoms. The molecule has 0 atom stereocenters. The lowest BCUT2D eigenvalue weighted by Gasteiger charge is -2.19. The normalized spacial score (nSPS) is 11.8. The second-order valence-corrected chi connectivity index (χ2v) is 5.90. The molecule has 2 rings (SSSR count). The van der Waals surface area contributed by atoms with Gasteiger partial charge in [0.1, 0.15) is 5.60 Å². The molecule has 0 unspecified atom stereocenters. The van der Waals surface area contributed by atoms with Crippen molar-refractivity contribution in [1.29, 1.82) is 0 Å². The van der Waals surface area contributed by atoms with Crippen LogP contribution in [0.2, 0.25) is 10.2 Å². The summed E-state index contributed by atoms with van der Waals surface area (Å²) in [7, 11) is 0. The summed E-state index contributed by atoms with van der Waals surface area (Å²) in [6.45, 7) is 5.42. The van der Waals surface area contributed by atoms with Gasteiger partial charge in [-0.1, -0.05) is 28.4 Å². The summed E-state index contributed by atoms with van der Waals surface area (Å²) >= 11 is 12.1. The zero-order valence-corrected chi connectivity index (χ0v) is 12.3. The Morgan fingerprint density at radius 2 is 2.05 bits per heavy atom. The molecule has 6 heteroatoms. The maximum absolute atomic E-state index is 11.9. The van der Waals surface area contributed by atoms with Gasteiger partial charge in [0.15, 0.2) is 10.7 Å². The number of halogens is 2. The van der Waals surface area contributed by atoms with Gasteiger partial charge >= 0.3 is 5.97 Å². The van der Waals surface area contributed by atoms with Crippen LogP contribution in [0, 0.1) is 0 Å². The fourth-order valence-electron chi connectivity index (χ4n) is 1.73. The molecular formula is C13H13Cl2NO3. The molecule has 0 bridgehead atoms. The zero-order valence-electron chi connectivity index (χ0n) is 10.8. The molecule has 0 saturated heterocycles. The monoisotopic (exact) mass is 301 g/mol. The van der Waals surface area contributed by atoms with Gasteiger partial charge in [0.25, 0.3) is 0 Å². The molecule has 4 nitrogen and oxygen atoms in total. The topological polar surface area (TPSA) is 52.3 Å². The van der Waals surface area contributed by atoms with Crippen LogP contribution in [0.25, 0.3) is 11.0 Å². The number of carbonyl (C=O) groups excluding carboxylic acids is 1. The number of carbonyl (C=O) groups is 1. The van der Waals surface area contributed by atoms with Crippen molar-refractivity contribution in [3.63, 3.8) is 0 Å². The molecule has 0 aliphatic carbocycles. The lowest BCUT2D eigenvalue weighted by molar-refractivity contribution is -0.153. The Hall–Kier alpha value is -1.26. The average Bonchev–Trinajstić information content (AvgIpc) is 2.62. The number of aromatic nitrogens is 1. The number of ether oxygens (including phenoxy) is 1. The Morgan fingerprint density at radius 3 is 2.68 bits per heavy atom. The van der Waals surface area contributed by atoms with Crippen molar-refractivity contribution in [2.45, 2.75) is 32.8 Å². The van der Waals surface area contributed by atoms with Crippen LogP contribution in [-0.4, -0.2) is 16.7 Å². The van der Waals surface area contributed by atoms with Crippen LogP contribution in [0.4, 0.5) is 0 Å². The Morgan fingerprint density at radius 1 is 1.37 bits per heavy atom. The molecule has 1 heterocycles. The molecule has 1 aromatic heterocycles. The van der Waals surface area contributed by atoms with Gasteiger partial charge in [0.05, 0.1) is 11.8 Å². The molecule has 0 radical (unpaired) electrons. The van der Waals surface area contributed by atoms with Crippen LogP contribution in [0.1, 0.15) is 26.3 Å². The number of hydrogen-bond acceptors (Lipinski definition) is 4. The smallest absolute Gasteiger partial charge is 0.310 e. The van der Waals surface area contributed by atoms with Crippen LogP contribution < -0.4 is 0 Å². The number of fused-ring (bicyclic) bond motifs is 1. The summed E-state index contributed by atoms with van der Waals surface area (Å²) in [6.07, 6.45) is 0.0222. The van der Waals surface area contributed by atoms with Gasteiger partial charge < -0.3 is 9.26 Å². The lowest BCUT2D eigenvalue weighted by Crippen LogP contribution is -2.25. The first kappa shape index (κ1) is 14.2. The summed E-state index contributed by atoms with van der Waals surface area (Å²) in [4.78, 5) is 11.9. The Balaban J connectivity index is 2.37. The van der Waals surface area contributed by atoms with E-state index in [0.29, 0.717) is 21.6 Å². The minimum Gasteiger partial charge on any atom is -0.460 e. The average molecular weight is 302 g/mol. The molecular weight excluding hydrogens is 289 g/mol. The molecule has 1 aromatic carbocycles. The molecule has 0 N–H and O–H groups in total. The third-order valence-corrected chi connectivity index (χ3v) is 3.00. The van der Waals surface area contributed by atoms with Crippen molar-refractivity contribution in [2.24, 2.45) is 0 Å². The Labute approximate surface area is 120 Å². The van der Waals surface area contributed by atoms with Crippen molar-refractivity contribution < 1.29 is 14.1 Å². The predicted octanol–water partition coefficient (Wildman–Crippen LogP) is 4.02. The Kier molecular flexibility index (Phi) is 3.74. The highest BCUT2D eigenvalue weighted by Crippen LogP contribution is 2.32. The van der Waals surface area contributed by atoms with E-state index in [4.69, 9.17) is 32.5 Å². The highest BCUT2D eigenvalue weighted by Gasteiger charge is 2.21. The van der Waals surface area contributed by atoms with Gasteiger partial charge in [-0.15, -0.1) is 0 Å². The SMILES string of the molecule is CC(C)(C)OC(=O)Cc1c(Cl)ccc2onc(Cl)c12. The van der Waals surface area contributed by atoms with E-state index in [1.807, 2.05) is 0 Å². The molecule has 0 aliphatic rings. The molecule has 102 valence electrons. The van der Waals surface area contributed by atoms with Gasteiger partial charge in [0, 0.05) is 5.02 Å². The lowest BCUT2D eigenvalue weighted by atomic mass is 10.1. The number of hydrogen-bond donors (Lipinski definition) is 0. The predicted molar refractivity (Wildman–Crippen MR) is 73.6 cm³/mol. The number of esters is 1. The molecule has 0 amide bonds. The van der Waals surface area contributed by atoms with Gasteiger partial charge in [-0.05, 0) is 38.5 Å². The highest BCUT2D eigenvalue weighted by molar-refractivity contribution is 6.36. The van der Waals surface area contributed by atoms with Crippen LogP contribution >= 0.6 is 23.2 Å². The number of nitrogens with zero attached hydrogens (tertiary/aromatic N) is 1. The highest BCUT2D eigenvalue weighted by atomic mass is 35.5. The van der Waals surface area contributed by atoms with Gasteiger partial charge in [0.2, 0.25) is 0 Å². The van der Waals surface area contributed by atoms with Crippen LogP contribution in [-0.2, 0) is 16.0 Å². The third-order valence-electron chi connectivity index (χ3n) is 2.39. The van der Waals surface area contributed by atoms with E-state index in [9.17, 15) is 4.79 Å². The summed E-state index contributed by atoms with van der Waals surface area (Å²) in [6, 6.07) is 3.31. The van der Waals surface area contributed by atoms with E-state index in [2.05, 4.69) is 5.16 Å².